The number of hydrogen-bond donors (Lipinski definition) is 1. The van der Waals surface area contributed by atoms with Crippen molar-refractivity contribution in [2.75, 3.05) is 13.2 Å². The van der Waals surface area contributed by atoms with Gasteiger partial charge in [-0.15, -0.1) is 0 Å². The van der Waals surface area contributed by atoms with Gasteiger partial charge in [-0.05, 0) is 61.3 Å². The van der Waals surface area contributed by atoms with Crippen LogP contribution in [0.5, 0.6) is 5.75 Å². The predicted octanol–water partition coefficient (Wildman–Crippen LogP) is 3.12. The van der Waals surface area contributed by atoms with Gasteiger partial charge in [-0.3, -0.25) is 4.79 Å². The summed E-state index contributed by atoms with van der Waals surface area (Å²) in [5.41, 5.74) is 1.12. The van der Waals surface area contributed by atoms with Crippen molar-refractivity contribution in [2.45, 2.75) is 37.6 Å². The van der Waals surface area contributed by atoms with Gasteiger partial charge in [0.25, 0.3) is 0 Å². The molecule has 3 aliphatic rings. The van der Waals surface area contributed by atoms with Crippen LogP contribution >= 0.6 is 0 Å². The smallest absolute Gasteiger partial charge is 0.408 e. The van der Waals surface area contributed by atoms with Gasteiger partial charge >= 0.3 is 18.0 Å². The summed E-state index contributed by atoms with van der Waals surface area (Å²) in [5, 5.41) is 2.72. The van der Waals surface area contributed by atoms with E-state index in [9.17, 15) is 14.4 Å². The number of esters is 2. The van der Waals surface area contributed by atoms with E-state index < -0.39 is 23.5 Å². The van der Waals surface area contributed by atoms with E-state index in [-0.39, 0.29) is 31.0 Å². The fourth-order valence-corrected chi connectivity index (χ4v) is 5.12. The maximum Gasteiger partial charge on any atom is 0.408 e. The van der Waals surface area contributed by atoms with Crippen molar-refractivity contribution in [2.24, 2.45) is 17.8 Å². The van der Waals surface area contributed by atoms with Gasteiger partial charge in [0.1, 0.15) is 24.5 Å². The third kappa shape index (κ3) is 3.96. The molecule has 4 atom stereocenters. The van der Waals surface area contributed by atoms with Gasteiger partial charge in [-0.1, -0.05) is 31.4 Å². The molecule has 31 heavy (non-hydrogen) atoms. The van der Waals surface area contributed by atoms with Crippen LogP contribution < -0.4 is 10.1 Å². The lowest BCUT2D eigenvalue weighted by Gasteiger charge is -2.30. The highest BCUT2D eigenvalue weighted by molar-refractivity contribution is 5.91. The van der Waals surface area contributed by atoms with E-state index >= 15 is 0 Å². The molecule has 7 nitrogen and oxygen atoms in total. The van der Waals surface area contributed by atoms with Crippen LogP contribution in [0.2, 0.25) is 0 Å². The molecule has 0 aromatic heterocycles. The van der Waals surface area contributed by atoms with Gasteiger partial charge in [0.2, 0.25) is 0 Å². The Morgan fingerprint density at radius 3 is 2.61 bits per heavy atom. The summed E-state index contributed by atoms with van der Waals surface area (Å²) in [4.78, 5) is 38.2. The molecule has 0 bridgehead atoms. The van der Waals surface area contributed by atoms with E-state index in [0.29, 0.717) is 18.6 Å². The molecule has 1 N–H and O–H groups in total. The minimum absolute atomic E-state index is 0.0146. The number of hydrogen-bond acceptors (Lipinski definition) is 6. The normalized spacial score (nSPS) is 27.4. The van der Waals surface area contributed by atoms with Crippen molar-refractivity contribution in [3.63, 3.8) is 0 Å². The summed E-state index contributed by atoms with van der Waals surface area (Å²) in [6.07, 6.45) is 6.26. The number of ether oxygens (including phenoxy) is 3. The Hall–Kier alpha value is -3.09. The quantitative estimate of drug-likeness (QED) is 0.391. The summed E-state index contributed by atoms with van der Waals surface area (Å²) < 4.78 is 16.0. The van der Waals surface area contributed by atoms with Crippen molar-refractivity contribution < 1.29 is 28.6 Å². The van der Waals surface area contributed by atoms with Crippen LogP contribution in [-0.4, -0.2) is 36.8 Å². The Bertz CT molecular complexity index is 925. The van der Waals surface area contributed by atoms with Crippen molar-refractivity contribution >= 4 is 18.0 Å². The highest BCUT2D eigenvalue weighted by Crippen LogP contribution is 2.63. The molecular weight excluding hydrogens is 398 g/mol. The van der Waals surface area contributed by atoms with E-state index in [1.807, 2.05) is 12.1 Å². The van der Waals surface area contributed by atoms with Crippen LogP contribution in [0.4, 0.5) is 4.79 Å². The van der Waals surface area contributed by atoms with Crippen molar-refractivity contribution in [3.8, 4) is 5.75 Å². The molecule has 0 saturated heterocycles. The molecule has 1 aromatic rings. The lowest BCUT2D eigenvalue weighted by Crippen LogP contribution is -2.57. The topological polar surface area (TPSA) is 90.9 Å². The van der Waals surface area contributed by atoms with Crippen LogP contribution in [0.3, 0.4) is 0 Å². The molecule has 1 aromatic carbocycles. The number of aryl methyl sites for hydroxylation is 2. The minimum atomic E-state index is -1.33. The van der Waals surface area contributed by atoms with Gasteiger partial charge in [0, 0.05) is 5.92 Å². The molecule has 0 spiro atoms. The molecule has 0 heterocycles. The van der Waals surface area contributed by atoms with E-state index in [4.69, 9.17) is 14.2 Å². The molecule has 1 amide bonds. The summed E-state index contributed by atoms with van der Waals surface area (Å²) in [5.74, 6) is -1.40. The van der Waals surface area contributed by atoms with E-state index in [2.05, 4.69) is 18.5 Å². The molecule has 0 aliphatic heterocycles. The van der Waals surface area contributed by atoms with E-state index in [1.165, 1.54) is 23.3 Å². The molecule has 2 fully saturated rings. The Morgan fingerprint density at radius 1 is 1.10 bits per heavy atom. The van der Waals surface area contributed by atoms with Crippen LogP contribution in [0, 0.1) is 17.8 Å². The van der Waals surface area contributed by atoms with Gasteiger partial charge in [0.05, 0.1) is 5.92 Å². The SMILES string of the molecule is C=CCOC(=O)N[C@@]1(C(=O)Oc2ccc3c(c2)CCC3)CC[C@H]2[C@H](C(=O)OCC=C)[C@H]21. The first-order chi connectivity index (χ1) is 15.0. The van der Waals surface area contributed by atoms with Gasteiger partial charge in [-0.25, -0.2) is 9.59 Å². The summed E-state index contributed by atoms with van der Waals surface area (Å²) in [6.45, 7) is 7.19. The molecule has 4 rings (SSSR count). The van der Waals surface area contributed by atoms with Crippen LogP contribution in [0.25, 0.3) is 0 Å². The van der Waals surface area contributed by atoms with Gasteiger partial charge < -0.3 is 19.5 Å². The molecule has 3 aliphatic carbocycles. The van der Waals surface area contributed by atoms with Crippen molar-refractivity contribution in [3.05, 3.63) is 54.6 Å². The third-order valence-electron chi connectivity index (χ3n) is 6.53. The van der Waals surface area contributed by atoms with Crippen molar-refractivity contribution in [1.82, 2.24) is 5.32 Å². The van der Waals surface area contributed by atoms with Crippen molar-refractivity contribution in [1.29, 1.82) is 0 Å². The first-order valence-electron chi connectivity index (χ1n) is 10.7. The molecular formula is C24H27NO6. The summed E-state index contributed by atoms with van der Waals surface area (Å²) >= 11 is 0. The fraction of sp³-hybridized carbons (Fsp3) is 0.458. The highest BCUT2D eigenvalue weighted by Gasteiger charge is 2.72. The zero-order chi connectivity index (χ0) is 22.0. The lowest BCUT2D eigenvalue weighted by molar-refractivity contribution is -0.147. The Balaban J connectivity index is 1.55. The highest BCUT2D eigenvalue weighted by atomic mass is 16.6. The summed E-state index contributed by atoms with van der Waals surface area (Å²) in [7, 11) is 0. The van der Waals surface area contributed by atoms with E-state index in [0.717, 1.165) is 19.3 Å². The molecule has 0 unspecified atom stereocenters. The first-order valence-corrected chi connectivity index (χ1v) is 10.7. The van der Waals surface area contributed by atoms with E-state index in [1.54, 1.807) is 6.07 Å². The maximum absolute atomic E-state index is 13.4. The second-order valence-corrected chi connectivity index (χ2v) is 8.33. The zero-order valence-corrected chi connectivity index (χ0v) is 17.4. The average molecular weight is 425 g/mol. The first kappa shape index (κ1) is 21.2. The lowest BCUT2D eigenvalue weighted by atomic mass is 9.90. The Labute approximate surface area is 181 Å². The number of amides is 1. The van der Waals surface area contributed by atoms with Crippen LogP contribution in [-0.2, 0) is 31.9 Å². The second-order valence-electron chi connectivity index (χ2n) is 8.33. The van der Waals surface area contributed by atoms with Crippen LogP contribution in [0.1, 0.15) is 30.4 Å². The number of rotatable bonds is 8. The maximum atomic E-state index is 13.4. The fourth-order valence-electron chi connectivity index (χ4n) is 5.12. The molecule has 7 heteroatoms. The Morgan fingerprint density at radius 2 is 1.84 bits per heavy atom. The molecule has 164 valence electrons. The number of carbonyl (C=O) groups excluding carboxylic acids is 3. The third-order valence-corrected chi connectivity index (χ3v) is 6.53. The second kappa shape index (κ2) is 8.57. The van der Waals surface area contributed by atoms with Crippen LogP contribution in [0.15, 0.2) is 43.5 Å². The predicted molar refractivity (Wildman–Crippen MR) is 112 cm³/mol. The monoisotopic (exact) mass is 425 g/mol. The van der Waals surface area contributed by atoms with Gasteiger partial charge in [0.15, 0.2) is 0 Å². The number of fused-ring (bicyclic) bond motifs is 2. The Kier molecular flexibility index (Phi) is 5.85. The minimum Gasteiger partial charge on any atom is -0.461 e. The zero-order valence-electron chi connectivity index (χ0n) is 17.4. The number of alkyl carbamates (subject to hydrolysis) is 1. The summed E-state index contributed by atoms with van der Waals surface area (Å²) in [6, 6.07) is 5.65. The number of carbonyl (C=O) groups is 3. The number of nitrogens with one attached hydrogen (secondary N) is 1. The van der Waals surface area contributed by atoms with Gasteiger partial charge in [-0.2, -0.15) is 0 Å². The largest absolute Gasteiger partial charge is 0.461 e. The molecule has 0 radical (unpaired) electrons. The molecule has 2 saturated carbocycles. The number of benzene rings is 1. The average Bonchev–Trinajstić information content (AvgIpc) is 3.10. The standard InChI is InChI=1S/C24H27NO6/c1-3-12-29-21(26)19-18-10-11-24(20(18)19,25-23(28)30-13-4-2)22(27)31-17-9-8-15-6-5-7-16(15)14-17/h3-4,8-9,14,18-20H,1-2,5-7,10-13H2,(H,25,28)/t18-,19-,20-,24-/m0/s1.